The fourth-order valence-electron chi connectivity index (χ4n) is 2.13. The van der Waals surface area contributed by atoms with Gasteiger partial charge in [-0.2, -0.15) is 4.98 Å². The average molecular weight is 346 g/mol. The number of rotatable bonds is 2. The predicted molar refractivity (Wildman–Crippen MR) is 91.5 cm³/mol. The van der Waals surface area contributed by atoms with E-state index in [9.17, 15) is 4.79 Å². The molecule has 24 heavy (non-hydrogen) atoms. The number of halogens is 1. The van der Waals surface area contributed by atoms with Crippen molar-refractivity contribution < 1.29 is 9.53 Å². The first-order valence-corrected chi connectivity index (χ1v) is 7.66. The van der Waals surface area contributed by atoms with Gasteiger partial charge in [0, 0.05) is 5.69 Å². The molecule has 0 aliphatic heterocycles. The first kappa shape index (κ1) is 16.2. The number of anilines is 1. The SMILES string of the molecule is CC(C)(C)OC(=O)Nc1cccc(-n2cnc3cnc(Cl)nc32)c1. The van der Waals surface area contributed by atoms with Crippen LogP contribution in [0.1, 0.15) is 20.8 Å². The monoisotopic (exact) mass is 345 g/mol. The summed E-state index contributed by atoms with van der Waals surface area (Å²) in [6.07, 6.45) is 2.67. The number of amides is 1. The first-order valence-electron chi connectivity index (χ1n) is 7.28. The van der Waals surface area contributed by atoms with Crippen LogP contribution in [-0.4, -0.2) is 31.2 Å². The van der Waals surface area contributed by atoms with E-state index in [1.54, 1.807) is 29.2 Å². The Labute approximate surface area is 143 Å². The van der Waals surface area contributed by atoms with E-state index in [4.69, 9.17) is 16.3 Å². The van der Waals surface area contributed by atoms with Crippen molar-refractivity contribution in [2.24, 2.45) is 0 Å². The van der Waals surface area contributed by atoms with Crippen molar-refractivity contribution >= 4 is 34.5 Å². The molecule has 0 unspecified atom stereocenters. The lowest BCUT2D eigenvalue weighted by Crippen LogP contribution is -2.27. The van der Waals surface area contributed by atoms with E-state index in [0.29, 0.717) is 16.9 Å². The van der Waals surface area contributed by atoms with Gasteiger partial charge in [-0.15, -0.1) is 0 Å². The van der Waals surface area contributed by atoms with Crippen LogP contribution in [0.4, 0.5) is 10.5 Å². The van der Waals surface area contributed by atoms with Gasteiger partial charge in [-0.3, -0.25) is 9.88 Å². The minimum absolute atomic E-state index is 0.146. The third-order valence-electron chi connectivity index (χ3n) is 3.03. The highest BCUT2D eigenvalue weighted by atomic mass is 35.5. The standard InChI is InChI=1S/C16H16ClN5O2/c1-16(2,3)24-15(23)20-10-5-4-6-11(7-10)22-9-19-12-8-18-14(17)21-13(12)22/h4-9H,1-3H3,(H,20,23). The molecule has 2 aromatic heterocycles. The summed E-state index contributed by atoms with van der Waals surface area (Å²) in [5, 5.41) is 2.85. The van der Waals surface area contributed by atoms with Gasteiger partial charge in [-0.25, -0.2) is 14.8 Å². The quantitative estimate of drug-likeness (QED) is 0.714. The molecule has 2 heterocycles. The number of benzene rings is 1. The van der Waals surface area contributed by atoms with Crippen molar-refractivity contribution in [1.29, 1.82) is 0 Å². The molecule has 124 valence electrons. The lowest BCUT2D eigenvalue weighted by molar-refractivity contribution is 0.0636. The number of nitrogens with one attached hydrogen (secondary N) is 1. The molecule has 0 bridgehead atoms. The van der Waals surface area contributed by atoms with Crippen LogP contribution in [0, 0.1) is 0 Å². The van der Waals surface area contributed by atoms with Gasteiger partial charge in [-0.05, 0) is 50.6 Å². The van der Waals surface area contributed by atoms with Gasteiger partial charge in [0.1, 0.15) is 17.4 Å². The van der Waals surface area contributed by atoms with E-state index in [2.05, 4.69) is 20.3 Å². The van der Waals surface area contributed by atoms with E-state index < -0.39 is 11.7 Å². The molecule has 1 aromatic carbocycles. The van der Waals surface area contributed by atoms with E-state index in [-0.39, 0.29) is 5.28 Å². The third-order valence-corrected chi connectivity index (χ3v) is 3.21. The van der Waals surface area contributed by atoms with Crippen molar-refractivity contribution in [2.45, 2.75) is 26.4 Å². The number of nitrogens with zero attached hydrogens (tertiary/aromatic N) is 4. The van der Waals surface area contributed by atoms with Gasteiger partial charge >= 0.3 is 6.09 Å². The number of carbonyl (C=O) groups is 1. The lowest BCUT2D eigenvalue weighted by Gasteiger charge is -2.19. The second-order valence-corrected chi connectivity index (χ2v) is 6.48. The van der Waals surface area contributed by atoms with Crippen LogP contribution in [0.15, 0.2) is 36.8 Å². The number of aromatic nitrogens is 4. The molecular weight excluding hydrogens is 330 g/mol. The minimum atomic E-state index is -0.560. The normalized spacial score (nSPS) is 11.5. The van der Waals surface area contributed by atoms with E-state index in [1.165, 1.54) is 0 Å². The summed E-state index contributed by atoms with van der Waals surface area (Å²) < 4.78 is 7.02. The minimum Gasteiger partial charge on any atom is -0.444 e. The first-order chi connectivity index (χ1) is 11.3. The smallest absolute Gasteiger partial charge is 0.412 e. The number of hydrogen-bond acceptors (Lipinski definition) is 5. The highest BCUT2D eigenvalue weighted by Crippen LogP contribution is 2.20. The summed E-state index contributed by atoms with van der Waals surface area (Å²) in [5.41, 5.74) is 2.04. The molecule has 7 nitrogen and oxygen atoms in total. The molecule has 0 aliphatic rings. The molecule has 8 heteroatoms. The maximum atomic E-state index is 11.9. The molecule has 0 spiro atoms. The van der Waals surface area contributed by atoms with Crippen LogP contribution in [0.25, 0.3) is 16.9 Å². The number of carbonyl (C=O) groups excluding carboxylic acids is 1. The summed E-state index contributed by atoms with van der Waals surface area (Å²) >= 11 is 5.86. The summed E-state index contributed by atoms with van der Waals surface area (Å²) in [4.78, 5) is 24.2. The van der Waals surface area contributed by atoms with Gasteiger partial charge in [0.15, 0.2) is 5.65 Å². The Hall–Kier alpha value is -2.67. The molecule has 0 atom stereocenters. The molecule has 3 rings (SSSR count). The van der Waals surface area contributed by atoms with E-state index in [0.717, 1.165) is 5.69 Å². The Morgan fingerprint density at radius 3 is 2.83 bits per heavy atom. The fourth-order valence-corrected chi connectivity index (χ4v) is 2.26. The Balaban J connectivity index is 1.90. The van der Waals surface area contributed by atoms with Gasteiger partial charge in [0.2, 0.25) is 5.28 Å². The zero-order valence-electron chi connectivity index (χ0n) is 13.4. The van der Waals surface area contributed by atoms with Crippen molar-refractivity contribution in [1.82, 2.24) is 19.5 Å². The number of ether oxygens (including phenoxy) is 1. The average Bonchev–Trinajstić information content (AvgIpc) is 2.88. The molecule has 1 amide bonds. The van der Waals surface area contributed by atoms with Crippen LogP contribution >= 0.6 is 11.6 Å². The van der Waals surface area contributed by atoms with Gasteiger partial charge in [-0.1, -0.05) is 6.07 Å². The molecule has 3 aromatic rings. The summed E-state index contributed by atoms with van der Waals surface area (Å²) in [6.45, 7) is 5.43. The lowest BCUT2D eigenvalue weighted by atomic mass is 10.2. The van der Waals surface area contributed by atoms with Gasteiger partial charge in [0.25, 0.3) is 0 Å². The van der Waals surface area contributed by atoms with E-state index >= 15 is 0 Å². The third kappa shape index (κ3) is 3.62. The maximum absolute atomic E-state index is 11.9. The molecule has 1 N–H and O–H groups in total. The second-order valence-electron chi connectivity index (χ2n) is 6.14. The van der Waals surface area contributed by atoms with Crippen LogP contribution in [-0.2, 0) is 4.74 Å². The molecule has 0 fully saturated rings. The Bertz CT molecular complexity index is 901. The largest absolute Gasteiger partial charge is 0.444 e. The van der Waals surface area contributed by atoms with Crippen molar-refractivity contribution in [3.8, 4) is 5.69 Å². The summed E-state index contributed by atoms with van der Waals surface area (Å²) in [6, 6.07) is 7.25. The highest BCUT2D eigenvalue weighted by molar-refractivity contribution is 6.28. The molecule has 0 aliphatic carbocycles. The predicted octanol–water partition coefficient (Wildman–Crippen LogP) is 3.82. The highest BCUT2D eigenvalue weighted by Gasteiger charge is 2.16. The fraction of sp³-hybridized carbons (Fsp3) is 0.250. The van der Waals surface area contributed by atoms with Gasteiger partial charge < -0.3 is 4.74 Å². The molecule has 0 radical (unpaired) electrons. The number of imidazole rings is 1. The van der Waals surface area contributed by atoms with Crippen molar-refractivity contribution in [3.05, 3.63) is 42.1 Å². The Morgan fingerprint density at radius 2 is 2.08 bits per heavy atom. The van der Waals surface area contributed by atoms with Crippen LogP contribution in [0.2, 0.25) is 5.28 Å². The molecule has 0 saturated heterocycles. The Morgan fingerprint density at radius 1 is 1.29 bits per heavy atom. The number of hydrogen-bond donors (Lipinski definition) is 1. The summed E-state index contributed by atoms with van der Waals surface area (Å²) in [5.74, 6) is 0. The van der Waals surface area contributed by atoms with Crippen molar-refractivity contribution in [2.75, 3.05) is 5.32 Å². The van der Waals surface area contributed by atoms with E-state index in [1.807, 2.05) is 32.9 Å². The molecular formula is C16H16ClN5O2. The zero-order chi connectivity index (χ0) is 17.3. The molecule has 0 saturated carbocycles. The summed E-state index contributed by atoms with van der Waals surface area (Å²) in [7, 11) is 0. The van der Waals surface area contributed by atoms with Crippen LogP contribution in [0.5, 0.6) is 0 Å². The van der Waals surface area contributed by atoms with Crippen molar-refractivity contribution in [3.63, 3.8) is 0 Å². The van der Waals surface area contributed by atoms with Crippen LogP contribution < -0.4 is 5.32 Å². The Kier molecular flexibility index (Phi) is 4.11. The maximum Gasteiger partial charge on any atom is 0.412 e. The van der Waals surface area contributed by atoms with Gasteiger partial charge in [0.05, 0.1) is 11.9 Å². The second kappa shape index (κ2) is 6.09. The topological polar surface area (TPSA) is 81.9 Å². The zero-order valence-corrected chi connectivity index (χ0v) is 14.2. The number of fused-ring (bicyclic) bond motifs is 1. The van der Waals surface area contributed by atoms with Crippen LogP contribution in [0.3, 0.4) is 0 Å².